The van der Waals surface area contributed by atoms with Crippen molar-refractivity contribution in [3.63, 3.8) is 0 Å². The number of carbonyl (C=O) groups is 2. The highest BCUT2D eigenvalue weighted by atomic mass is 32.1. The van der Waals surface area contributed by atoms with E-state index in [1.807, 2.05) is 29.6 Å². The van der Waals surface area contributed by atoms with Crippen LogP contribution in [0.5, 0.6) is 0 Å². The number of anilines is 1. The molecule has 1 heterocycles. The second kappa shape index (κ2) is 8.76. The van der Waals surface area contributed by atoms with Crippen molar-refractivity contribution < 1.29 is 9.59 Å². The molecule has 0 saturated heterocycles. The Bertz CT molecular complexity index is 796. The minimum Gasteiger partial charge on any atom is -0.356 e. The van der Waals surface area contributed by atoms with Gasteiger partial charge in [-0.2, -0.15) is 0 Å². The third-order valence-electron chi connectivity index (χ3n) is 4.35. The zero-order valence-corrected chi connectivity index (χ0v) is 15.6. The maximum Gasteiger partial charge on any atom is 0.226 e. The van der Waals surface area contributed by atoms with Gasteiger partial charge < -0.3 is 10.6 Å². The second-order valence-electron chi connectivity index (χ2n) is 6.49. The van der Waals surface area contributed by atoms with Crippen LogP contribution >= 0.6 is 11.3 Å². The third-order valence-corrected chi connectivity index (χ3v) is 5.11. The molecule has 0 unspecified atom stereocenters. The van der Waals surface area contributed by atoms with Crippen LogP contribution in [-0.4, -0.2) is 23.3 Å². The summed E-state index contributed by atoms with van der Waals surface area (Å²) in [6.07, 6.45) is 7.72. The molecule has 2 amide bonds. The highest BCUT2D eigenvalue weighted by molar-refractivity contribution is 7.14. The van der Waals surface area contributed by atoms with E-state index in [4.69, 9.17) is 0 Å². The quantitative estimate of drug-likeness (QED) is 0.730. The van der Waals surface area contributed by atoms with Gasteiger partial charge in [-0.1, -0.05) is 36.4 Å². The third kappa shape index (κ3) is 5.26. The number of aromatic nitrogens is 1. The Morgan fingerprint density at radius 2 is 2.08 bits per heavy atom. The van der Waals surface area contributed by atoms with Crippen molar-refractivity contribution in [3.05, 3.63) is 47.4 Å². The molecule has 0 spiro atoms. The molecule has 1 aliphatic rings. The molecule has 26 heavy (non-hydrogen) atoms. The van der Waals surface area contributed by atoms with Gasteiger partial charge in [-0.15, -0.1) is 11.3 Å². The lowest BCUT2D eigenvalue weighted by molar-refractivity contribution is -0.119. The first-order chi connectivity index (χ1) is 12.6. The van der Waals surface area contributed by atoms with E-state index in [9.17, 15) is 9.59 Å². The molecular formula is C20H23N3O2S. The summed E-state index contributed by atoms with van der Waals surface area (Å²) in [6.45, 7) is 2.16. The Morgan fingerprint density at radius 3 is 2.77 bits per heavy atom. The molecule has 0 saturated carbocycles. The van der Waals surface area contributed by atoms with Crippen LogP contribution < -0.4 is 10.6 Å². The van der Waals surface area contributed by atoms with Crippen molar-refractivity contribution in [3.8, 4) is 11.3 Å². The Kier molecular flexibility index (Phi) is 6.17. The predicted octanol–water partition coefficient (Wildman–Crippen LogP) is 3.78. The van der Waals surface area contributed by atoms with Crippen molar-refractivity contribution in [2.45, 2.75) is 32.6 Å². The molecule has 1 aromatic heterocycles. The minimum absolute atomic E-state index is 0.0115. The predicted molar refractivity (Wildman–Crippen MR) is 105 cm³/mol. The zero-order valence-electron chi connectivity index (χ0n) is 14.8. The number of hydrogen-bond donors (Lipinski definition) is 2. The number of thiazole rings is 1. The minimum atomic E-state index is -0.0115. The molecular weight excluding hydrogens is 346 g/mol. The number of hydrogen-bond acceptors (Lipinski definition) is 4. The molecule has 2 N–H and O–H groups in total. The van der Waals surface area contributed by atoms with Crippen LogP contribution in [-0.2, 0) is 16.0 Å². The summed E-state index contributed by atoms with van der Waals surface area (Å²) in [5, 5.41) is 8.29. The van der Waals surface area contributed by atoms with Gasteiger partial charge in [0, 0.05) is 30.8 Å². The molecule has 3 rings (SSSR count). The first-order valence-electron chi connectivity index (χ1n) is 8.86. The maximum atomic E-state index is 12.1. The zero-order chi connectivity index (χ0) is 18.4. The van der Waals surface area contributed by atoms with Crippen molar-refractivity contribution in [1.29, 1.82) is 0 Å². The van der Waals surface area contributed by atoms with Crippen LogP contribution in [0.25, 0.3) is 11.3 Å². The van der Waals surface area contributed by atoms with E-state index in [0.29, 0.717) is 24.0 Å². The van der Waals surface area contributed by atoms with Gasteiger partial charge in [-0.3, -0.25) is 9.59 Å². The van der Waals surface area contributed by atoms with E-state index in [-0.39, 0.29) is 11.8 Å². The van der Waals surface area contributed by atoms with Crippen LogP contribution in [0.15, 0.2) is 41.8 Å². The smallest absolute Gasteiger partial charge is 0.226 e. The van der Waals surface area contributed by atoms with Crippen molar-refractivity contribution in [1.82, 2.24) is 10.3 Å². The van der Waals surface area contributed by atoms with Crippen LogP contribution in [0.1, 0.15) is 31.7 Å². The van der Waals surface area contributed by atoms with Gasteiger partial charge >= 0.3 is 0 Å². The molecule has 1 aliphatic carbocycles. The highest BCUT2D eigenvalue weighted by Crippen LogP contribution is 2.26. The van der Waals surface area contributed by atoms with Gasteiger partial charge in [0.2, 0.25) is 11.8 Å². The fourth-order valence-electron chi connectivity index (χ4n) is 2.96. The van der Waals surface area contributed by atoms with E-state index in [1.54, 1.807) is 0 Å². The lowest BCUT2D eigenvalue weighted by Crippen LogP contribution is -2.22. The fourth-order valence-corrected chi connectivity index (χ4v) is 3.70. The van der Waals surface area contributed by atoms with Crippen LogP contribution in [0, 0.1) is 5.92 Å². The largest absolute Gasteiger partial charge is 0.356 e. The molecule has 0 fully saturated rings. The summed E-state index contributed by atoms with van der Waals surface area (Å²) in [5.41, 5.74) is 3.04. The monoisotopic (exact) mass is 369 g/mol. The summed E-state index contributed by atoms with van der Waals surface area (Å²) >= 11 is 1.44. The lowest BCUT2D eigenvalue weighted by Gasteiger charge is -2.06. The molecule has 1 atom stereocenters. The summed E-state index contributed by atoms with van der Waals surface area (Å²) in [7, 11) is 0. The van der Waals surface area contributed by atoms with Gasteiger partial charge in [0.1, 0.15) is 0 Å². The maximum absolute atomic E-state index is 12.1. The van der Waals surface area contributed by atoms with Crippen LogP contribution in [0.2, 0.25) is 0 Å². The molecule has 0 bridgehead atoms. The van der Waals surface area contributed by atoms with Gasteiger partial charge in [0.05, 0.1) is 5.69 Å². The number of nitrogens with zero attached hydrogens (tertiary/aromatic N) is 1. The molecule has 2 aromatic rings. The van der Waals surface area contributed by atoms with Gasteiger partial charge in [0.15, 0.2) is 5.13 Å². The lowest BCUT2D eigenvalue weighted by atomic mass is 10.1. The van der Waals surface area contributed by atoms with Crippen molar-refractivity contribution >= 4 is 28.3 Å². The number of allylic oxidation sites excluding steroid dienone is 2. The van der Waals surface area contributed by atoms with Crippen LogP contribution in [0.3, 0.4) is 0 Å². The van der Waals surface area contributed by atoms with E-state index in [1.165, 1.54) is 18.3 Å². The van der Waals surface area contributed by atoms with Crippen molar-refractivity contribution in [2.24, 2.45) is 5.92 Å². The number of nitrogens with one attached hydrogen (secondary N) is 2. The Morgan fingerprint density at radius 1 is 1.27 bits per heavy atom. The number of carbonyl (C=O) groups excluding carboxylic acids is 2. The Labute approximate surface area is 157 Å². The number of amides is 2. The van der Waals surface area contributed by atoms with E-state index < -0.39 is 0 Å². The normalized spacial score (nSPS) is 15.8. The molecule has 136 valence electrons. The molecule has 5 nitrogen and oxygen atoms in total. The molecule has 0 aliphatic heterocycles. The molecule has 1 aromatic carbocycles. The standard InChI is InChI=1S/C20H23N3O2S/c1-14(24)21-11-10-15-6-8-17(9-7-15)18-13-26-20(22-18)23-19(25)12-16-4-2-3-5-16/h2,4,6-9,13,16H,3,5,10-12H2,1H3,(H,21,24)(H,22,23,25)/t16-/m1/s1. The highest BCUT2D eigenvalue weighted by Gasteiger charge is 2.15. The number of benzene rings is 1. The van der Waals surface area contributed by atoms with Gasteiger partial charge in [-0.05, 0) is 30.7 Å². The summed E-state index contributed by atoms with van der Waals surface area (Å²) < 4.78 is 0. The Balaban J connectivity index is 1.54. The van der Waals surface area contributed by atoms with E-state index in [2.05, 4.69) is 27.8 Å². The first kappa shape index (κ1) is 18.3. The van der Waals surface area contributed by atoms with Crippen molar-refractivity contribution in [2.75, 3.05) is 11.9 Å². The van der Waals surface area contributed by atoms with Gasteiger partial charge in [-0.25, -0.2) is 4.98 Å². The molecule has 6 heteroatoms. The summed E-state index contributed by atoms with van der Waals surface area (Å²) in [4.78, 5) is 27.5. The summed E-state index contributed by atoms with van der Waals surface area (Å²) in [5.74, 6) is 0.373. The first-order valence-corrected chi connectivity index (χ1v) is 9.74. The SMILES string of the molecule is CC(=O)NCCc1ccc(-c2csc(NC(=O)C[C@@H]3C=CCC3)n2)cc1. The fraction of sp³-hybridized carbons (Fsp3) is 0.350. The van der Waals surface area contributed by atoms with Gasteiger partial charge in [0.25, 0.3) is 0 Å². The topological polar surface area (TPSA) is 71.1 Å². The summed E-state index contributed by atoms with van der Waals surface area (Å²) in [6, 6.07) is 8.13. The average Bonchev–Trinajstić information content (AvgIpc) is 3.27. The number of rotatable bonds is 7. The Hall–Kier alpha value is -2.47. The molecule has 0 radical (unpaired) electrons. The van der Waals surface area contributed by atoms with E-state index >= 15 is 0 Å². The average molecular weight is 369 g/mol. The van der Waals surface area contributed by atoms with Crippen LogP contribution in [0.4, 0.5) is 5.13 Å². The van der Waals surface area contributed by atoms with E-state index in [0.717, 1.165) is 36.1 Å². The second-order valence-corrected chi connectivity index (χ2v) is 7.34.